The molecule has 1 amide bonds. The lowest BCUT2D eigenvalue weighted by Gasteiger charge is -2.19. The molecule has 0 unspecified atom stereocenters. The van der Waals surface area contributed by atoms with E-state index in [2.05, 4.69) is 0 Å². The van der Waals surface area contributed by atoms with Gasteiger partial charge in [0.1, 0.15) is 0 Å². The average Bonchev–Trinajstić information content (AvgIpc) is 2.05. The van der Waals surface area contributed by atoms with E-state index >= 15 is 0 Å². The van der Waals surface area contributed by atoms with Crippen molar-refractivity contribution in [2.75, 3.05) is 14.2 Å². The van der Waals surface area contributed by atoms with Gasteiger partial charge in [0.05, 0.1) is 7.11 Å². The first kappa shape index (κ1) is 10.4. The summed E-state index contributed by atoms with van der Waals surface area (Å²) in [5, 5.41) is 1.29. The third-order valence-corrected chi connectivity index (χ3v) is 1.92. The maximum atomic E-state index is 11.3. The van der Waals surface area contributed by atoms with E-state index in [0.717, 1.165) is 12.8 Å². The van der Waals surface area contributed by atoms with Gasteiger partial charge in [-0.05, 0) is 12.8 Å². The summed E-state index contributed by atoms with van der Waals surface area (Å²) in [5.41, 5.74) is 0. The van der Waals surface area contributed by atoms with Crippen LogP contribution in [0.3, 0.4) is 0 Å². The summed E-state index contributed by atoms with van der Waals surface area (Å²) in [6.07, 6.45) is 1.76. The lowest BCUT2D eigenvalue weighted by molar-refractivity contribution is -0.173. The largest absolute Gasteiger partial charge is 0.275 e. The zero-order chi connectivity index (χ0) is 8.85. The van der Waals surface area contributed by atoms with Crippen molar-refractivity contribution in [3.8, 4) is 0 Å². The second-order valence-corrected chi connectivity index (χ2v) is 2.53. The number of hydroxylamine groups is 2. The standard InChI is InChI=1S/C8H17NO2/c1-5-7(6-2)8(10)9(3)11-4/h7H,5-6H2,1-4H3. The van der Waals surface area contributed by atoms with Gasteiger partial charge in [0, 0.05) is 13.0 Å². The van der Waals surface area contributed by atoms with Crippen LogP contribution in [0.15, 0.2) is 0 Å². The van der Waals surface area contributed by atoms with Gasteiger partial charge in [-0.1, -0.05) is 13.8 Å². The number of amides is 1. The molecule has 3 nitrogen and oxygen atoms in total. The van der Waals surface area contributed by atoms with Crippen LogP contribution in [0.2, 0.25) is 0 Å². The molecule has 3 heteroatoms. The Labute approximate surface area is 68.3 Å². The number of nitrogens with zero attached hydrogens (tertiary/aromatic N) is 1. The van der Waals surface area contributed by atoms with Crippen LogP contribution in [0.4, 0.5) is 0 Å². The Balaban J connectivity index is 3.97. The van der Waals surface area contributed by atoms with Crippen LogP contribution in [0.5, 0.6) is 0 Å². The van der Waals surface area contributed by atoms with Crippen molar-refractivity contribution in [2.45, 2.75) is 26.7 Å². The molecule has 0 spiro atoms. The van der Waals surface area contributed by atoms with Gasteiger partial charge in [0.25, 0.3) is 0 Å². The molecule has 0 aromatic heterocycles. The van der Waals surface area contributed by atoms with E-state index in [4.69, 9.17) is 4.84 Å². The second-order valence-electron chi connectivity index (χ2n) is 2.53. The maximum absolute atomic E-state index is 11.3. The highest BCUT2D eigenvalue weighted by atomic mass is 16.7. The molecule has 0 atom stereocenters. The second kappa shape index (κ2) is 5.13. The van der Waals surface area contributed by atoms with Gasteiger partial charge in [-0.2, -0.15) is 0 Å². The molecule has 0 saturated carbocycles. The molecule has 0 aromatic rings. The molecular weight excluding hydrogens is 142 g/mol. The third kappa shape index (κ3) is 2.89. The number of rotatable bonds is 4. The first-order valence-electron chi connectivity index (χ1n) is 3.99. The fraction of sp³-hybridized carbons (Fsp3) is 0.875. The normalized spacial score (nSPS) is 10.3. The van der Waals surface area contributed by atoms with E-state index in [1.54, 1.807) is 7.05 Å². The predicted octanol–water partition coefficient (Wildman–Crippen LogP) is 1.44. The lowest BCUT2D eigenvalue weighted by atomic mass is 10.0. The molecule has 0 rings (SSSR count). The number of hydrogen-bond acceptors (Lipinski definition) is 2. The molecule has 0 heterocycles. The van der Waals surface area contributed by atoms with Crippen LogP contribution in [0, 0.1) is 5.92 Å². The molecule has 66 valence electrons. The van der Waals surface area contributed by atoms with Crippen LogP contribution in [0.25, 0.3) is 0 Å². The number of hydrogen-bond donors (Lipinski definition) is 0. The van der Waals surface area contributed by atoms with Crippen molar-refractivity contribution < 1.29 is 9.63 Å². The fourth-order valence-electron chi connectivity index (χ4n) is 0.985. The predicted molar refractivity (Wildman–Crippen MR) is 43.9 cm³/mol. The highest BCUT2D eigenvalue weighted by Gasteiger charge is 2.17. The Kier molecular flexibility index (Phi) is 4.86. The van der Waals surface area contributed by atoms with E-state index in [1.807, 2.05) is 13.8 Å². The van der Waals surface area contributed by atoms with E-state index in [0.29, 0.717) is 0 Å². The van der Waals surface area contributed by atoms with Crippen molar-refractivity contribution in [1.29, 1.82) is 0 Å². The van der Waals surface area contributed by atoms with Crippen molar-refractivity contribution in [2.24, 2.45) is 5.92 Å². The smallest absolute Gasteiger partial charge is 0.248 e. The van der Waals surface area contributed by atoms with Crippen molar-refractivity contribution >= 4 is 5.91 Å². The van der Waals surface area contributed by atoms with Gasteiger partial charge >= 0.3 is 0 Å². The van der Waals surface area contributed by atoms with Crippen LogP contribution < -0.4 is 0 Å². The zero-order valence-corrected chi connectivity index (χ0v) is 7.76. The van der Waals surface area contributed by atoms with Gasteiger partial charge < -0.3 is 0 Å². The Morgan fingerprint density at radius 1 is 1.45 bits per heavy atom. The topological polar surface area (TPSA) is 29.5 Å². The molecule has 0 bridgehead atoms. The molecule has 0 N–H and O–H groups in total. The van der Waals surface area contributed by atoms with Crippen molar-refractivity contribution in [1.82, 2.24) is 5.06 Å². The summed E-state index contributed by atoms with van der Waals surface area (Å²) < 4.78 is 0. The Hall–Kier alpha value is -0.570. The summed E-state index contributed by atoms with van der Waals surface area (Å²) in [6.45, 7) is 4.02. The SMILES string of the molecule is CCC(CC)C(=O)N(C)OC. The summed E-state index contributed by atoms with van der Waals surface area (Å²) in [5.74, 6) is 0.178. The van der Waals surface area contributed by atoms with Crippen LogP contribution >= 0.6 is 0 Å². The van der Waals surface area contributed by atoms with Gasteiger partial charge in [-0.25, -0.2) is 5.06 Å². The van der Waals surface area contributed by atoms with Gasteiger partial charge in [-0.3, -0.25) is 9.63 Å². The minimum absolute atomic E-state index is 0.0671. The van der Waals surface area contributed by atoms with E-state index < -0.39 is 0 Å². The summed E-state index contributed by atoms with van der Waals surface area (Å²) >= 11 is 0. The third-order valence-electron chi connectivity index (χ3n) is 1.92. The zero-order valence-electron chi connectivity index (χ0n) is 7.76. The Bertz CT molecular complexity index is 121. The maximum Gasteiger partial charge on any atom is 0.248 e. The molecule has 11 heavy (non-hydrogen) atoms. The summed E-state index contributed by atoms with van der Waals surface area (Å²) in [4.78, 5) is 16.1. The molecule has 0 fully saturated rings. The molecule has 0 radical (unpaired) electrons. The fourth-order valence-corrected chi connectivity index (χ4v) is 0.985. The lowest BCUT2D eigenvalue weighted by Crippen LogP contribution is -2.31. The number of carbonyl (C=O) groups excluding carboxylic acids is 1. The highest BCUT2D eigenvalue weighted by Crippen LogP contribution is 2.10. The first-order chi connectivity index (χ1) is 5.17. The average molecular weight is 159 g/mol. The van der Waals surface area contributed by atoms with Crippen LogP contribution in [-0.2, 0) is 9.63 Å². The molecule has 0 aliphatic carbocycles. The number of carbonyl (C=O) groups is 1. The molecule has 0 aliphatic rings. The van der Waals surface area contributed by atoms with Crippen molar-refractivity contribution in [3.05, 3.63) is 0 Å². The van der Waals surface area contributed by atoms with Crippen LogP contribution in [-0.4, -0.2) is 25.1 Å². The summed E-state index contributed by atoms with van der Waals surface area (Å²) in [7, 11) is 3.14. The Morgan fingerprint density at radius 3 is 2.18 bits per heavy atom. The monoisotopic (exact) mass is 159 g/mol. The quantitative estimate of drug-likeness (QED) is 0.581. The van der Waals surface area contributed by atoms with Gasteiger partial charge in [0.15, 0.2) is 0 Å². The minimum atomic E-state index is 0.0671. The van der Waals surface area contributed by atoms with Gasteiger partial charge in [-0.15, -0.1) is 0 Å². The summed E-state index contributed by atoms with van der Waals surface area (Å²) in [6, 6.07) is 0. The van der Waals surface area contributed by atoms with E-state index in [1.165, 1.54) is 12.2 Å². The molecular formula is C8H17NO2. The minimum Gasteiger partial charge on any atom is -0.275 e. The van der Waals surface area contributed by atoms with E-state index in [-0.39, 0.29) is 11.8 Å². The van der Waals surface area contributed by atoms with Crippen molar-refractivity contribution in [3.63, 3.8) is 0 Å². The molecule has 0 aromatic carbocycles. The first-order valence-corrected chi connectivity index (χ1v) is 3.99. The highest BCUT2D eigenvalue weighted by molar-refractivity contribution is 5.77. The van der Waals surface area contributed by atoms with Gasteiger partial charge in [0.2, 0.25) is 5.91 Å². The molecule has 0 saturated heterocycles. The van der Waals surface area contributed by atoms with Crippen LogP contribution in [0.1, 0.15) is 26.7 Å². The Morgan fingerprint density at radius 2 is 1.91 bits per heavy atom. The molecule has 0 aliphatic heterocycles. The van der Waals surface area contributed by atoms with E-state index in [9.17, 15) is 4.79 Å².